The topological polar surface area (TPSA) is 51.2 Å². The van der Waals surface area contributed by atoms with Gasteiger partial charge in [0, 0.05) is 35.2 Å². The lowest BCUT2D eigenvalue weighted by Gasteiger charge is -2.26. The number of hydrogen-bond donors (Lipinski definition) is 1. The summed E-state index contributed by atoms with van der Waals surface area (Å²) in [7, 11) is 0. The molecule has 1 atom stereocenters. The average molecular weight is 448 g/mol. The van der Waals surface area contributed by atoms with E-state index in [1.54, 1.807) is 25.1 Å². The number of benzene rings is 3. The highest BCUT2D eigenvalue weighted by atomic mass is 19.2. The first-order valence-electron chi connectivity index (χ1n) is 10.5. The van der Waals surface area contributed by atoms with Crippen molar-refractivity contribution in [2.75, 3.05) is 6.61 Å². The lowest BCUT2D eigenvalue weighted by molar-refractivity contribution is 0.0919. The van der Waals surface area contributed by atoms with Crippen LogP contribution >= 0.6 is 0 Å². The van der Waals surface area contributed by atoms with E-state index in [1.807, 2.05) is 24.3 Å². The van der Waals surface area contributed by atoms with Crippen LogP contribution in [0.1, 0.15) is 34.1 Å². The van der Waals surface area contributed by atoms with Gasteiger partial charge in [-0.15, -0.1) is 0 Å². The number of halogens is 3. The number of amides is 1. The fraction of sp³-hybridized carbons (Fsp3) is 0.154. The van der Waals surface area contributed by atoms with E-state index in [0.717, 1.165) is 17.4 Å². The molecule has 33 heavy (non-hydrogen) atoms. The SMILES string of the molecule is Cc1c(C(=O)N[C@H]2CCOc3ccccc32)ncc2c(-c3cc(F)cc(F)c3F)cccc12. The Labute approximate surface area is 188 Å². The molecule has 0 fully saturated rings. The van der Waals surface area contributed by atoms with Crippen LogP contribution in [0.25, 0.3) is 21.9 Å². The molecule has 5 rings (SSSR count). The molecule has 4 nitrogen and oxygen atoms in total. The summed E-state index contributed by atoms with van der Waals surface area (Å²) in [5.41, 5.74) is 1.82. The van der Waals surface area contributed by atoms with E-state index in [2.05, 4.69) is 10.3 Å². The van der Waals surface area contributed by atoms with Gasteiger partial charge < -0.3 is 10.1 Å². The van der Waals surface area contributed by atoms with Crippen LogP contribution in [0.5, 0.6) is 5.75 Å². The molecule has 0 spiro atoms. The molecule has 4 aromatic rings. The number of ether oxygens (including phenoxy) is 1. The molecule has 1 aromatic heterocycles. The van der Waals surface area contributed by atoms with Crippen molar-refractivity contribution in [3.63, 3.8) is 0 Å². The number of hydrogen-bond acceptors (Lipinski definition) is 3. The first kappa shape index (κ1) is 21.0. The highest BCUT2D eigenvalue weighted by Crippen LogP contribution is 2.35. The van der Waals surface area contributed by atoms with Gasteiger partial charge in [-0.05, 0) is 35.6 Å². The van der Waals surface area contributed by atoms with E-state index in [0.29, 0.717) is 41.0 Å². The maximum absolute atomic E-state index is 14.4. The van der Waals surface area contributed by atoms with Crippen LogP contribution in [-0.2, 0) is 0 Å². The van der Waals surface area contributed by atoms with Crippen molar-refractivity contribution in [2.24, 2.45) is 0 Å². The standard InChI is InChI=1S/C26H19F3N2O2/c1-14-16-6-4-7-17(19-11-15(27)12-21(28)24(19)29)20(16)13-30-25(14)26(32)31-22-9-10-33-23-8-3-2-5-18(22)23/h2-8,11-13,22H,9-10H2,1H3,(H,31,32)/t22-/m0/s1. The van der Waals surface area contributed by atoms with Crippen molar-refractivity contribution in [2.45, 2.75) is 19.4 Å². The summed E-state index contributed by atoms with van der Waals surface area (Å²) in [5.74, 6) is -2.88. The third-order valence-corrected chi connectivity index (χ3v) is 5.95. The molecule has 166 valence electrons. The predicted molar refractivity (Wildman–Crippen MR) is 119 cm³/mol. The summed E-state index contributed by atoms with van der Waals surface area (Å²) in [5, 5.41) is 4.16. The van der Waals surface area contributed by atoms with Gasteiger partial charge in [-0.25, -0.2) is 13.2 Å². The van der Waals surface area contributed by atoms with Crippen molar-refractivity contribution < 1.29 is 22.7 Å². The van der Waals surface area contributed by atoms with Gasteiger partial charge in [0.25, 0.3) is 5.91 Å². The van der Waals surface area contributed by atoms with E-state index < -0.39 is 17.5 Å². The van der Waals surface area contributed by atoms with Crippen LogP contribution in [0.2, 0.25) is 0 Å². The highest BCUT2D eigenvalue weighted by Gasteiger charge is 2.25. The molecule has 7 heteroatoms. The van der Waals surface area contributed by atoms with E-state index >= 15 is 0 Å². The van der Waals surface area contributed by atoms with Crippen LogP contribution in [0.15, 0.2) is 60.8 Å². The van der Waals surface area contributed by atoms with Crippen LogP contribution < -0.4 is 10.1 Å². The second kappa shape index (κ2) is 8.24. The maximum atomic E-state index is 14.4. The number of rotatable bonds is 3. The second-order valence-corrected chi connectivity index (χ2v) is 7.95. The summed E-state index contributed by atoms with van der Waals surface area (Å²) in [6.45, 7) is 2.24. The molecule has 0 aliphatic carbocycles. The third-order valence-electron chi connectivity index (χ3n) is 5.95. The minimum atomic E-state index is -1.26. The van der Waals surface area contributed by atoms with E-state index in [-0.39, 0.29) is 23.2 Å². The molecule has 0 unspecified atom stereocenters. The molecular weight excluding hydrogens is 429 g/mol. The number of pyridine rings is 1. The quantitative estimate of drug-likeness (QED) is 0.398. The lowest BCUT2D eigenvalue weighted by Crippen LogP contribution is -2.33. The molecule has 2 heterocycles. The second-order valence-electron chi connectivity index (χ2n) is 7.95. The van der Waals surface area contributed by atoms with Crippen LogP contribution in [0.3, 0.4) is 0 Å². The zero-order valence-electron chi connectivity index (χ0n) is 17.7. The molecule has 3 aromatic carbocycles. The number of carbonyl (C=O) groups excluding carboxylic acids is 1. The number of aryl methyl sites for hydroxylation is 1. The molecule has 1 amide bonds. The number of carbonyl (C=O) groups is 1. The van der Waals surface area contributed by atoms with Crippen molar-refractivity contribution in [1.29, 1.82) is 0 Å². The smallest absolute Gasteiger partial charge is 0.270 e. The Kier molecular flexibility index (Phi) is 5.24. The normalized spacial score (nSPS) is 15.1. The minimum absolute atomic E-state index is 0.199. The first-order valence-corrected chi connectivity index (χ1v) is 10.5. The molecule has 0 bridgehead atoms. The van der Waals surface area contributed by atoms with Crippen molar-refractivity contribution in [3.8, 4) is 16.9 Å². The number of fused-ring (bicyclic) bond motifs is 2. The Morgan fingerprint density at radius 3 is 2.70 bits per heavy atom. The zero-order valence-corrected chi connectivity index (χ0v) is 17.7. The average Bonchev–Trinajstić information content (AvgIpc) is 2.81. The lowest BCUT2D eigenvalue weighted by atomic mass is 9.95. The molecule has 1 N–H and O–H groups in total. The molecule has 0 radical (unpaired) electrons. The Morgan fingerprint density at radius 1 is 1.03 bits per heavy atom. The Balaban J connectivity index is 1.53. The summed E-state index contributed by atoms with van der Waals surface area (Å²) in [6.07, 6.45) is 2.07. The van der Waals surface area contributed by atoms with Crippen LogP contribution in [0.4, 0.5) is 13.2 Å². The summed E-state index contributed by atoms with van der Waals surface area (Å²) in [4.78, 5) is 17.4. The number of nitrogens with one attached hydrogen (secondary N) is 1. The summed E-state index contributed by atoms with van der Waals surface area (Å²) in [6, 6.07) is 13.8. The number of nitrogens with zero attached hydrogens (tertiary/aromatic N) is 1. The zero-order chi connectivity index (χ0) is 23.1. The summed E-state index contributed by atoms with van der Waals surface area (Å²) >= 11 is 0. The van der Waals surface area contributed by atoms with E-state index in [1.165, 1.54) is 6.20 Å². The Hall–Kier alpha value is -3.87. The highest BCUT2D eigenvalue weighted by molar-refractivity contribution is 6.03. The summed E-state index contributed by atoms with van der Waals surface area (Å²) < 4.78 is 47.7. The van der Waals surface area contributed by atoms with Gasteiger partial charge in [0.15, 0.2) is 11.6 Å². The Morgan fingerprint density at radius 2 is 1.85 bits per heavy atom. The van der Waals surface area contributed by atoms with Gasteiger partial charge in [-0.3, -0.25) is 9.78 Å². The van der Waals surface area contributed by atoms with Crippen LogP contribution in [0, 0.1) is 24.4 Å². The first-order chi connectivity index (χ1) is 15.9. The maximum Gasteiger partial charge on any atom is 0.270 e. The van der Waals surface area contributed by atoms with Gasteiger partial charge in [-0.1, -0.05) is 36.4 Å². The van der Waals surface area contributed by atoms with Crippen LogP contribution in [-0.4, -0.2) is 17.5 Å². The largest absolute Gasteiger partial charge is 0.493 e. The fourth-order valence-electron chi connectivity index (χ4n) is 4.32. The molecule has 1 aliphatic heterocycles. The Bertz CT molecular complexity index is 1400. The molecular formula is C26H19F3N2O2. The molecule has 1 aliphatic rings. The monoisotopic (exact) mass is 448 g/mol. The van der Waals surface area contributed by atoms with Gasteiger partial charge >= 0.3 is 0 Å². The molecule has 0 saturated heterocycles. The van der Waals surface area contributed by atoms with E-state index in [4.69, 9.17) is 4.74 Å². The third kappa shape index (κ3) is 3.69. The van der Waals surface area contributed by atoms with Crippen molar-refractivity contribution in [1.82, 2.24) is 10.3 Å². The van der Waals surface area contributed by atoms with Gasteiger partial charge in [0.05, 0.1) is 12.6 Å². The van der Waals surface area contributed by atoms with Gasteiger partial charge in [0.2, 0.25) is 0 Å². The van der Waals surface area contributed by atoms with Gasteiger partial charge in [0.1, 0.15) is 17.3 Å². The van der Waals surface area contributed by atoms with Crippen molar-refractivity contribution in [3.05, 3.63) is 95.1 Å². The van der Waals surface area contributed by atoms with E-state index in [9.17, 15) is 18.0 Å². The van der Waals surface area contributed by atoms with Crippen molar-refractivity contribution >= 4 is 16.7 Å². The number of aromatic nitrogens is 1. The predicted octanol–water partition coefficient (Wildman–Crippen LogP) is 5.88. The minimum Gasteiger partial charge on any atom is -0.493 e. The van der Waals surface area contributed by atoms with Gasteiger partial charge in [-0.2, -0.15) is 0 Å². The molecule has 0 saturated carbocycles. The number of para-hydroxylation sites is 1. The fourth-order valence-corrected chi connectivity index (χ4v) is 4.32.